The molecule has 0 aliphatic heterocycles. The summed E-state index contributed by atoms with van der Waals surface area (Å²) in [6.07, 6.45) is 1.60. The summed E-state index contributed by atoms with van der Waals surface area (Å²) in [5.74, 6) is 0. The van der Waals surface area contributed by atoms with E-state index in [4.69, 9.17) is 5.73 Å². The van der Waals surface area contributed by atoms with Crippen LogP contribution in [-0.4, -0.2) is 4.98 Å². The first-order valence-corrected chi connectivity index (χ1v) is 4.66. The van der Waals surface area contributed by atoms with Gasteiger partial charge in [0.05, 0.1) is 5.69 Å². The van der Waals surface area contributed by atoms with Crippen LogP contribution in [0.15, 0.2) is 42.6 Å². The Kier molecular flexibility index (Phi) is 2.63. The molecule has 0 bridgehead atoms. The lowest BCUT2D eigenvalue weighted by atomic mass is 10.1. The van der Waals surface area contributed by atoms with Crippen LogP contribution in [0.1, 0.15) is 5.69 Å². The van der Waals surface area contributed by atoms with Crippen LogP contribution in [0, 0.1) is 0 Å². The molecule has 76 valence electrons. The number of hydrogen-bond donors (Lipinski definition) is 1. The van der Waals surface area contributed by atoms with E-state index in [1.165, 1.54) is 0 Å². The summed E-state index contributed by atoms with van der Waals surface area (Å²) in [5.41, 5.74) is 8.73. The molecule has 2 nitrogen and oxygen atoms in total. The van der Waals surface area contributed by atoms with Crippen molar-refractivity contribution in [3.63, 3.8) is 0 Å². The quantitative estimate of drug-likeness (QED) is 0.760. The highest BCUT2D eigenvalue weighted by Crippen LogP contribution is 2.21. The zero-order chi connectivity index (χ0) is 10.7. The minimum absolute atomic E-state index is 0.440. The number of nitrogens with two attached hydrogens (primary N) is 1. The molecule has 0 aliphatic carbocycles. The fourth-order valence-electron chi connectivity index (χ4n) is 1.45. The van der Waals surface area contributed by atoms with E-state index in [0.29, 0.717) is 11.4 Å². The van der Waals surface area contributed by atoms with Crippen LogP contribution < -0.4 is 5.73 Å². The second kappa shape index (κ2) is 4.09. The van der Waals surface area contributed by atoms with Crippen molar-refractivity contribution < 1.29 is 4.39 Å². The van der Waals surface area contributed by atoms with E-state index in [-0.39, 0.29) is 0 Å². The Morgan fingerprint density at radius 2 is 1.93 bits per heavy atom. The van der Waals surface area contributed by atoms with Gasteiger partial charge in [-0.15, -0.1) is 0 Å². The molecular weight excluding hydrogens is 191 g/mol. The Bertz CT molecular complexity index is 469. The summed E-state index contributed by atoms with van der Waals surface area (Å²) >= 11 is 0. The van der Waals surface area contributed by atoms with E-state index >= 15 is 0 Å². The Morgan fingerprint density at radius 3 is 2.67 bits per heavy atom. The molecule has 0 fully saturated rings. The minimum atomic E-state index is -0.545. The first-order chi connectivity index (χ1) is 7.29. The van der Waals surface area contributed by atoms with Crippen LogP contribution in [0.4, 0.5) is 10.1 Å². The van der Waals surface area contributed by atoms with Gasteiger partial charge >= 0.3 is 0 Å². The van der Waals surface area contributed by atoms with E-state index in [1.807, 2.05) is 30.3 Å². The number of anilines is 1. The van der Waals surface area contributed by atoms with Crippen molar-refractivity contribution in [3.8, 4) is 11.1 Å². The SMILES string of the molecule is Nc1cccc(-c2ccnc(CF)c2)c1. The number of nitrogen functional groups attached to an aromatic ring is 1. The molecule has 2 N–H and O–H groups in total. The van der Waals surface area contributed by atoms with Gasteiger partial charge in [-0.25, -0.2) is 4.39 Å². The number of benzene rings is 1. The minimum Gasteiger partial charge on any atom is -0.399 e. The maximum Gasteiger partial charge on any atom is 0.131 e. The molecule has 0 saturated carbocycles. The fraction of sp³-hybridized carbons (Fsp3) is 0.0833. The number of rotatable bonds is 2. The summed E-state index contributed by atoms with van der Waals surface area (Å²) in [5, 5.41) is 0. The largest absolute Gasteiger partial charge is 0.399 e. The van der Waals surface area contributed by atoms with Gasteiger partial charge in [0.2, 0.25) is 0 Å². The van der Waals surface area contributed by atoms with Crippen LogP contribution in [0.25, 0.3) is 11.1 Å². The topological polar surface area (TPSA) is 38.9 Å². The maximum atomic E-state index is 12.4. The van der Waals surface area contributed by atoms with Crippen molar-refractivity contribution in [2.75, 3.05) is 5.73 Å². The van der Waals surface area contributed by atoms with Gasteiger partial charge in [-0.3, -0.25) is 4.98 Å². The average molecular weight is 202 g/mol. The van der Waals surface area contributed by atoms with Crippen molar-refractivity contribution in [1.29, 1.82) is 0 Å². The summed E-state index contributed by atoms with van der Waals surface area (Å²) in [6.45, 7) is -0.545. The number of hydrogen-bond acceptors (Lipinski definition) is 2. The third-order valence-electron chi connectivity index (χ3n) is 2.17. The third kappa shape index (κ3) is 2.13. The van der Waals surface area contributed by atoms with Gasteiger partial charge < -0.3 is 5.73 Å². The standard InChI is InChI=1S/C12H11FN2/c13-8-12-7-10(4-5-15-12)9-2-1-3-11(14)6-9/h1-7H,8,14H2. The molecule has 1 aromatic carbocycles. The van der Waals surface area contributed by atoms with E-state index in [0.717, 1.165) is 11.1 Å². The molecule has 2 rings (SSSR count). The van der Waals surface area contributed by atoms with Gasteiger partial charge in [0.15, 0.2) is 0 Å². The first kappa shape index (κ1) is 9.65. The molecule has 0 saturated heterocycles. The maximum absolute atomic E-state index is 12.4. The molecule has 2 aromatic rings. The molecule has 0 spiro atoms. The van der Waals surface area contributed by atoms with Crippen LogP contribution in [0.2, 0.25) is 0 Å². The molecule has 0 unspecified atom stereocenters. The molecule has 0 atom stereocenters. The van der Waals surface area contributed by atoms with Gasteiger partial charge in [-0.2, -0.15) is 0 Å². The Morgan fingerprint density at radius 1 is 1.13 bits per heavy atom. The number of aromatic nitrogens is 1. The molecule has 15 heavy (non-hydrogen) atoms. The van der Waals surface area contributed by atoms with Crippen molar-refractivity contribution in [3.05, 3.63) is 48.3 Å². The van der Waals surface area contributed by atoms with E-state index in [2.05, 4.69) is 4.98 Å². The lowest BCUT2D eigenvalue weighted by Gasteiger charge is -2.03. The molecular formula is C12H11FN2. The Labute approximate surface area is 87.6 Å². The lowest BCUT2D eigenvalue weighted by Crippen LogP contribution is -1.88. The van der Waals surface area contributed by atoms with Crippen LogP contribution in [-0.2, 0) is 6.67 Å². The summed E-state index contributed by atoms with van der Waals surface area (Å²) < 4.78 is 12.4. The van der Waals surface area contributed by atoms with Gasteiger partial charge in [0, 0.05) is 11.9 Å². The normalized spacial score (nSPS) is 10.2. The predicted octanol–water partition coefficient (Wildman–Crippen LogP) is 2.80. The van der Waals surface area contributed by atoms with E-state index in [9.17, 15) is 4.39 Å². The van der Waals surface area contributed by atoms with Crippen molar-refractivity contribution in [1.82, 2.24) is 4.98 Å². The van der Waals surface area contributed by atoms with Crippen molar-refractivity contribution in [2.45, 2.75) is 6.67 Å². The highest BCUT2D eigenvalue weighted by molar-refractivity contribution is 5.67. The fourth-order valence-corrected chi connectivity index (χ4v) is 1.45. The highest BCUT2D eigenvalue weighted by atomic mass is 19.1. The average Bonchev–Trinajstić information content (AvgIpc) is 2.29. The number of pyridine rings is 1. The summed E-state index contributed by atoms with van der Waals surface area (Å²) in [6, 6.07) is 11.1. The van der Waals surface area contributed by atoms with Crippen molar-refractivity contribution >= 4 is 5.69 Å². The summed E-state index contributed by atoms with van der Waals surface area (Å²) in [4.78, 5) is 3.90. The Balaban J connectivity index is 2.44. The molecule has 1 aromatic heterocycles. The zero-order valence-corrected chi connectivity index (χ0v) is 8.15. The number of nitrogens with zero attached hydrogens (tertiary/aromatic N) is 1. The van der Waals surface area contributed by atoms with Gasteiger partial charge in [-0.1, -0.05) is 12.1 Å². The molecule has 1 heterocycles. The Hall–Kier alpha value is -1.90. The smallest absolute Gasteiger partial charge is 0.131 e. The molecule has 0 amide bonds. The third-order valence-corrected chi connectivity index (χ3v) is 2.17. The monoisotopic (exact) mass is 202 g/mol. The van der Waals surface area contributed by atoms with E-state index in [1.54, 1.807) is 12.3 Å². The zero-order valence-electron chi connectivity index (χ0n) is 8.15. The van der Waals surface area contributed by atoms with Crippen LogP contribution in [0.5, 0.6) is 0 Å². The van der Waals surface area contributed by atoms with Gasteiger partial charge in [-0.05, 0) is 35.4 Å². The van der Waals surface area contributed by atoms with Crippen molar-refractivity contribution in [2.24, 2.45) is 0 Å². The number of alkyl halides is 1. The second-order valence-corrected chi connectivity index (χ2v) is 3.29. The number of halogens is 1. The van der Waals surface area contributed by atoms with Crippen LogP contribution in [0.3, 0.4) is 0 Å². The van der Waals surface area contributed by atoms with E-state index < -0.39 is 6.67 Å². The molecule has 0 radical (unpaired) electrons. The summed E-state index contributed by atoms with van der Waals surface area (Å²) in [7, 11) is 0. The van der Waals surface area contributed by atoms with Gasteiger partial charge in [0.1, 0.15) is 6.67 Å². The van der Waals surface area contributed by atoms with Gasteiger partial charge in [0.25, 0.3) is 0 Å². The highest BCUT2D eigenvalue weighted by Gasteiger charge is 2.00. The second-order valence-electron chi connectivity index (χ2n) is 3.29. The molecule has 0 aliphatic rings. The molecule has 3 heteroatoms. The lowest BCUT2D eigenvalue weighted by molar-refractivity contribution is 0.476. The predicted molar refractivity (Wildman–Crippen MR) is 58.9 cm³/mol. The van der Waals surface area contributed by atoms with Crippen LogP contribution >= 0.6 is 0 Å². The first-order valence-electron chi connectivity index (χ1n) is 4.66.